The summed E-state index contributed by atoms with van der Waals surface area (Å²) >= 11 is 0. The topological polar surface area (TPSA) is 4.36 Å². The van der Waals surface area contributed by atoms with Crippen molar-refractivity contribution >= 4 is 0 Å². The summed E-state index contributed by atoms with van der Waals surface area (Å²) in [7, 11) is 0. The van der Waals surface area contributed by atoms with E-state index < -0.39 is 5.67 Å². The second kappa shape index (κ2) is 3.43. The molecule has 2 atom stereocenters. The van der Waals surface area contributed by atoms with E-state index in [1.807, 2.05) is 0 Å². The molecule has 0 aromatic rings. The molecule has 0 bridgehead atoms. The van der Waals surface area contributed by atoms with Crippen LogP contribution >= 0.6 is 0 Å². The largest absolute Gasteiger partial charge is 0.317 e. The number of halogens is 1. The highest BCUT2D eigenvalue weighted by Gasteiger charge is 2.36. The fourth-order valence-electron chi connectivity index (χ4n) is 1.99. The minimum Gasteiger partial charge on any atom is -0.317 e. The van der Waals surface area contributed by atoms with Crippen LogP contribution in [0.1, 0.15) is 33.1 Å². The molecule has 0 N–H and O–H groups in total. The van der Waals surface area contributed by atoms with E-state index in [9.17, 15) is 4.39 Å². The molecule has 1 fully saturated rings. The summed E-state index contributed by atoms with van der Waals surface area (Å²) < 4.78 is 13.4. The fourth-order valence-corrected chi connectivity index (χ4v) is 1.99. The molecule has 0 aromatic carbocycles. The van der Waals surface area contributed by atoms with Gasteiger partial charge in [-0.15, -0.1) is 0 Å². The van der Waals surface area contributed by atoms with Gasteiger partial charge < -0.3 is 4.85 Å². The van der Waals surface area contributed by atoms with Crippen molar-refractivity contribution in [2.45, 2.75) is 38.8 Å². The Labute approximate surface area is 73.8 Å². The minimum atomic E-state index is -1.04. The molecule has 1 aliphatic rings. The Kier molecular flexibility index (Phi) is 2.72. The number of hydrogen-bond donors (Lipinski definition) is 0. The van der Waals surface area contributed by atoms with E-state index in [2.05, 4.69) is 4.85 Å². The van der Waals surface area contributed by atoms with Crippen molar-refractivity contribution in [3.05, 3.63) is 11.4 Å². The van der Waals surface area contributed by atoms with Gasteiger partial charge in [0.2, 0.25) is 6.54 Å². The maximum absolute atomic E-state index is 13.4. The average Bonchev–Trinajstić information content (AvgIpc) is 2.35. The second-order valence-corrected chi connectivity index (χ2v) is 4.28. The monoisotopic (exact) mass is 169 g/mol. The SMILES string of the molecule is [C-]#[N+]CC1CCC(C(C)(C)F)C1. The molecular weight excluding hydrogens is 153 g/mol. The Morgan fingerprint density at radius 2 is 2.17 bits per heavy atom. The van der Waals surface area contributed by atoms with Crippen LogP contribution in [0.4, 0.5) is 4.39 Å². The third-order valence-electron chi connectivity index (χ3n) is 2.86. The van der Waals surface area contributed by atoms with Crippen LogP contribution in [0.2, 0.25) is 0 Å². The number of alkyl halides is 1. The van der Waals surface area contributed by atoms with Crippen LogP contribution in [0.25, 0.3) is 4.85 Å². The summed E-state index contributed by atoms with van der Waals surface area (Å²) in [5, 5.41) is 0. The highest BCUT2D eigenvalue weighted by molar-refractivity contribution is 4.88. The molecule has 1 aliphatic carbocycles. The summed E-state index contributed by atoms with van der Waals surface area (Å²) in [5.74, 6) is 0.645. The van der Waals surface area contributed by atoms with Gasteiger partial charge in [-0.25, -0.2) is 11.0 Å². The van der Waals surface area contributed by atoms with Gasteiger partial charge in [0.25, 0.3) is 0 Å². The van der Waals surface area contributed by atoms with Gasteiger partial charge >= 0.3 is 0 Å². The molecule has 1 rings (SSSR count). The van der Waals surface area contributed by atoms with E-state index in [-0.39, 0.29) is 5.92 Å². The molecule has 68 valence electrons. The van der Waals surface area contributed by atoms with Gasteiger partial charge in [-0.2, -0.15) is 0 Å². The van der Waals surface area contributed by atoms with Crippen molar-refractivity contribution in [2.24, 2.45) is 11.8 Å². The van der Waals surface area contributed by atoms with Gasteiger partial charge in [-0.1, -0.05) is 0 Å². The molecular formula is C10H16FN. The van der Waals surface area contributed by atoms with Gasteiger partial charge in [0.05, 0.1) is 0 Å². The van der Waals surface area contributed by atoms with Crippen molar-refractivity contribution < 1.29 is 4.39 Å². The van der Waals surface area contributed by atoms with Crippen LogP contribution in [-0.2, 0) is 0 Å². The molecule has 1 nitrogen and oxygen atoms in total. The maximum Gasteiger partial charge on any atom is 0.217 e. The molecule has 2 heteroatoms. The Balaban J connectivity index is 2.42. The lowest BCUT2D eigenvalue weighted by atomic mass is 9.90. The molecule has 1 saturated carbocycles. The van der Waals surface area contributed by atoms with Gasteiger partial charge in [0.15, 0.2) is 0 Å². The van der Waals surface area contributed by atoms with Gasteiger partial charge in [0, 0.05) is 5.92 Å². The first-order valence-electron chi connectivity index (χ1n) is 4.56. The Morgan fingerprint density at radius 1 is 1.50 bits per heavy atom. The third-order valence-corrected chi connectivity index (χ3v) is 2.86. The smallest absolute Gasteiger partial charge is 0.217 e. The van der Waals surface area contributed by atoms with Crippen molar-refractivity contribution in [1.29, 1.82) is 0 Å². The van der Waals surface area contributed by atoms with E-state index in [0.29, 0.717) is 12.5 Å². The first-order valence-corrected chi connectivity index (χ1v) is 4.56. The van der Waals surface area contributed by atoms with Crippen LogP contribution in [0.3, 0.4) is 0 Å². The predicted molar refractivity (Wildman–Crippen MR) is 47.5 cm³/mol. The van der Waals surface area contributed by atoms with Crippen LogP contribution in [0.15, 0.2) is 0 Å². The molecule has 0 radical (unpaired) electrons. The third kappa shape index (κ3) is 2.20. The highest BCUT2D eigenvalue weighted by atomic mass is 19.1. The normalized spacial score (nSPS) is 30.2. The summed E-state index contributed by atoms with van der Waals surface area (Å²) in [6.45, 7) is 10.6. The first-order chi connectivity index (χ1) is 5.54. The molecule has 12 heavy (non-hydrogen) atoms. The zero-order chi connectivity index (χ0) is 9.19. The molecule has 0 aliphatic heterocycles. The maximum atomic E-state index is 13.4. The zero-order valence-electron chi connectivity index (χ0n) is 7.81. The lowest BCUT2D eigenvalue weighted by Gasteiger charge is -2.21. The fraction of sp³-hybridized carbons (Fsp3) is 0.900. The van der Waals surface area contributed by atoms with Crippen molar-refractivity contribution in [3.8, 4) is 0 Å². The zero-order valence-corrected chi connectivity index (χ0v) is 7.81. The second-order valence-electron chi connectivity index (χ2n) is 4.28. The van der Waals surface area contributed by atoms with Crippen molar-refractivity contribution in [1.82, 2.24) is 0 Å². The Hall–Kier alpha value is -0.580. The van der Waals surface area contributed by atoms with Crippen molar-refractivity contribution in [3.63, 3.8) is 0 Å². The summed E-state index contributed by atoms with van der Waals surface area (Å²) in [6.07, 6.45) is 2.91. The van der Waals surface area contributed by atoms with Gasteiger partial charge in [-0.3, -0.25) is 0 Å². The first kappa shape index (κ1) is 9.51. The van der Waals surface area contributed by atoms with E-state index in [4.69, 9.17) is 6.57 Å². The molecule has 2 unspecified atom stereocenters. The minimum absolute atomic E-state index is 0.184. The highest BCUT2D eigenvalue weighted by Crippen LogP contribution is 2.39. The molecule has 0 spiro atoms. The van der Waals surface area contributed by atoms with E-state index >= 15 is 0 Å². The van der Waals surface area contributed by atoms with Crippen molar-refractivity contribution in [2.75, 3.05) is 6.54 Å². The van der Waals surface area contributed by atoms with Crippen LogP contribution in [-0.4, -0.2) is 12.2 Å². The van der Waals surface area contributed by atoms with E-state index in [1.54, 1.807) is 13.8 Å². The lowest BCUT2D eigenvalue weighted by Crippen LogP contribution is -2.23. The van der Waals surface area contributed by atoms with Crippen LogP contribution in [0.5, 0.6) is 0 Å². The van der Waals surface area contributed by atoms with E-state index in [0.717, 1.165) is 19.3 Å². The van der Waals surface area contributed by atoms with Gasteiger partial charge in [0.1, 0.15) is 5.67 Å². The lowest BCUT2D eigenvalue weighted by molar-refractivity contribution is 0.125. The molecule has 0 saturated heterocycles. The Morgan fingerprint density at radius 3 is 2.58 bits per heavy atom. The number of hydrogen-bond acceptors (Lipinski definition) is 0. The van der Waals surface area contributed by atoms with Gasteiger partial charge in [-0.05, 0) is 39.0 Å². The number of nitrogens with zero attached hydrogens (tertiary/aromatic N) is 1. The summed E-state index contributed by atoms with van der Waals surface area (Å²) in [4.78, 5) is 3.36. The standard InChI is InChI=1S/C10H16FN/c1-10(2,11)9-5-4-8(6-9)7-12-3/h8-9H,4-7H2,1-2H3. The van der Waals surface area contributed by atoms with E-state index in [1.165, 1.54) is 0 Å². The Bertz CT molecular complexity index is 187. The predicted octanol–water partition coefficient (Wildman–Crippen LogP) is 3.07. The average molecular weight is 169 g/mol. The quantitative estimate of drug-likeness (QED) is 0.559. The summed E-state index contributed by atoms with van der Waals surface area (Å²) in [5.41, 5.74) is -1.04. The summed E-state index contributed by atoms with van der Waals surface area (Å²) in [6, 6.07) is 0. The number of rotatable bonds is 2. The van der Waals surface area contributed by atoms with Crippen LogP contribution < -0.4 is 0 Å². The van der Waals surface area contributed by atoms with Crippen LogP contribution in [0, 0.1) is 18.4 Å². The molecule has 0 aromatic heterocycles. The molecule has 0 amide bonds. The molecule has 0 heterocycles.